The van der Waals surface area contributed by atoms with Crippen LogP contribution in [-0.2, 0) is 6.54 Å². The van der Waals surface area contributed by atoms with Gasteiger partial charge in [0, 0.05) is 23.5 Å². The molecule has 0 bridgehead atoms. The summed E-state index contributed by atoms with van der Waals surface area (Å²) in [6.07, 6.45) is 2.83. The van der Waals surface area contributed by atoms with Crippen LogP contribution in [0.2, 0.25) is 0 Å². The number of pyridine rings is 1. The highest BCUT2D eigenvalue weighted by atomic mass is 35.5. The van der Waals surface area contributed by atoms with Crippen molar-refractivity contribution < 1.29 is 0 Å². The Morgan fingerprint density at radius 1 is 1.29 bits per heavy atom. The number of hydrogen-bond donors (Lipinski definition) is 1. The van der Waals surface area contributed by atoms with Gasteiger partial charge in [0.05, 0.1) is 5.52 Å². The number of alkyl halides is 1. The number of aromatic nitrogens is 1. The van der Waals surface area contributed by atoms with E-state index in [2.05, 4.69) is 34.6 Å². The predicted octanol–water partition coefficient (Wildman–Crippen LogP) is 3.34. The van der Waals surface area contributed by atoms with Crippen molar-refractivity contribution in [3.05, 3.63) is 42.1 Å². The first-order chi connectivity index (χ1) is 8.27. The number of halogens is 1. The number of nitrogens with zero attached hydrogens (tertiary/aromatic N) is 1. The molecule has 0 aliphatic carbocycles. The Morgan fingerprint density at radius 2 is 2.12 bits per heavy atom. The van der Waals surface area contributed by atoms with Gasteiger partial charge in [0.15, 0.2) is 0 Å². The van der Waals surface area contributed by atoms with Crippen LogP contribution in [0.5, 0.6) is 0 Å². The molecule has 0 saturated carbocycles. The minimum atomic E-state index is 0.230. The monoisotopic (exact) mass is 248 g/mol. The summed E-state index contributed by atoms with van der Waals surface area (Å²) in [6, 6.07) is 10.3. The molecule has 0 aliphatic heterocycles. The summed E-state index contributed by atoms with van der Waals surface area (Å²) < 4.78 is 0. The van der Waals surface area contributed by atoms with Gasteiger partial charge in [0.1, 0.15) is 0 Å². The van der Waals surface area contributed by atoms with Gasteiger partial charge in [-0.1, -0.05) is 24.3 Å². The zero-order chi connectivity index (χ0) is 12.1. The van der Waals surface area contributed by atoms with Crippen LogP contribution in [0.25, 0.3) is 10.9 Å². The molecule has 1 atom stereocenters. The molecule has 2 rings (SSSR count). The fourth-order valence-electron chi connectivity index (χ4n) is 1.83. The second kappa shape index (κ2) is 5.99. The minimum absolute atomic E-state index is 0.230. The van der Waals surface area contributed by atoms with Crippen molar-refractivity contribution in [2.24, 2.45) is 0 Å². The SMILES string of the molecule is CC(Cl)CCNCc1cccc2cccnc12. The lowest BCUT2D eigenvalue weighted by molar-refractivity contribution is 0.646. The Hall–Kier alpha value is -1.12. The number of hydrogen-bond acceptors (Lipinski definition) is 2. The van der Waals surface area contributed by atoms with E-state index in [0.29, 0.717) is 0 Å². The molecule has 1 N–H and O–H groups in total. The quantitative estimate of drug-likeness (QED) is 0.649. The lowest BCUT2D eigenvalue weighted by atomic mass is 10.1. The van der Waals surface area contributed by atoms with Gasteiger partial charge in [0.2, 0.25) is 0 Å². The zero-order valence-corrected chi connectivity index (χ0v) is 10.7. The van der Waals surface area contributed by atoms with E-state index in [4.69, 9.17) is 11.6 Å². The molecule has 2 nitrogen and oxygen atoms in total. The molecule has 3 heteroatoms. The Balaban J connectivity index is 2.03. The summed E-state index contributed by atoms with van der Waals surface area (Å²) in [6.45, 7) is 3.80. The van der Waals surface area contributed by atoms with E-state index in [0.717, 1.165) is 25.0 Å². The number of para-hydroxylation sites is 1. The lowest BCUT2D eigenvalue weighted by Crippen LogP contribution is -2.17. The molecule has 17 heavy (non-hydrogen) atoms. The van der Waals surface area contributed by atoms with Crippen molar-refractivity contribution >= 4 is 22.5 Å². The van der Waals surface area contributed by atoms with Crippen molar-refractivity contribution in [2.75, 3.05) is 6.54 Å². The highest BCUT2D eigenvalue weighted by Gasteiger charge is 2.01. The third-order valence-electron chi connectivity index (χ3n) is 2.75. The highest BCUT2D eigenvalue weighted by Crippen LogP contribution is 2.15. The van der Waals surface area contributed by atoms with Crippen molar-refractivity contribution in [3.8, 4) is 0 Å². The van der Waals surface area contributed by atoms with E-state index in [-0.39, 0.29) is 5.38 Å². The molecule has 0 amide bonds. The van der Waals surface area contributed by atoms with E-state index in [1.807, 2.05) is 19.2 Å². The molecule has 1 heterocycles. The van der Waals surface area contributed by atoms with Crippen LogP contribution in [0.1, 0.15) is 18.9 Å². The van der Waals surface area contributed by atoms with Gasteiger partial charge in [-0.2, -0.15) is 0 Å². The van der Waals surface area contributed by atoms with Gasteiger partial charge in [-0.3, -0.25) is 4.98 Å². The van der Waals surface area contributed by atoms with Crippen molar-refractivity contribution in [1.29, 1.82) is 0 Å². The van der Waals surface area contributed by atoms with E-state index < -0.39 is 0 Å². The van der Waals surface area contributed by atoms with Gasteiger partial charge in [-0.25, -0.2) is 0 Å². The Kier molecular flexibility index (Phi) is 4.35. The van der Waals surface area contributed by atoms with Gasteiger partial charge in [-0.15, -0.1) is 11.6 Å². The Labute approximate surface area is 107 Å². The van der Waals surface area contributed by atoms with Gasteiger partial charge in [-0.05, 0) is 31.5 Å². The van der Waals surface area contributed by atoms with Crippen molar-refractivity contribution in [2.45, 2.75) is 25.3 Å². The number of fused-ring (bicyclic) bond motifs is 1. The molecular formula is C14H17ClN2. The molecule has 2 aromatic rings. The zero-order valence-electron chi connectivity index (χ0n) is 9.99. The first-order valence-electron chi connectivity index (χ1n) is 5.95. The fourth-order valence-corrected chi connectivity index (χ4v) is 1.94. The Bertz CT molecular complexity index is 477. The smallest absolute Gasteiger partial charge is 0.0746 e. The third kappa shape index (κ3) is 3.42. The average Bonchev–Trinajstić information content (AvgIpc) is 2.34. The minimum Gasteiger partial charge on any atom is -0.313 e. The van der Waals surface area contributed by atoms with E-state index in [1.165, 1.54) is 10.9 Å². The first-order valence-corrected chi connectivity index (χ1v) is 6.38. The maximum Gasteiger partial charge on any atom is 0.0746 e. The lowest BCUT2D eigenvalue weighted by Gasteiger charge is -2.08. The maximum atomic E-state index is 5.90. The average molecular weight is 249 g/mol. The number of benzene rings is 1. The summed E-state index contributed by atoms with van der Waals surface area (Å²) in [5, 5.41) is 4.82. The van der Waals surface area contributed by atoms with Gasteiger partial charge < -0.3 is 5.32 Å². The second-order valence-electron chi connectivity index (χ2n) is 4.24. The fraction of sp³-hybridized carbons (Fsp3) is 0.357. The Morgan fingerprint density at radius 3 is 2.94 bits per heavy atom. The molecule has 90 valence electrons. The highest BCUT2D eigenvalue weighted by molar-refractivity contribution is 6.20. The molecule has 0 saturated heterocycles. The first kappa shape index (κ1) is 12.3. The standard InChI is InChI=1S/C14H17ClN2/c1-11(15)7-9-16-10-13-5-2-4-12-6-3-8-17-14(12)13/h2-6,8,11,16H,7,9-10H2,1H3. The van der Waals surface area contributed by atoms with Crippen LogP contribution in [0, 0.1) is 0 Å². The summed E-state index contributed by atoms with van der Waals surface area (Å²) >= 11 is 5.90. The van der Waals surface area contributed by atoms with Crippen LogP contribution in [0.3, 0.4) is 0 Å². The number of rotatable bonds is 5. The van der Waals surface area contributed by atoms with E-state index in [1.54, 1.807) is 0 Å². The summed E-state index contributed by atoms with van der Waals surface area (Å²) in [5.41, 5.74) is 2.33. The molecule has 0 spiro atoms. The van der Waals surface area contributed by atoms with Crippen LogP contribution in [0.4, 0.5) is 0 Å². The molecule has 1 aromatic carbocycles. The van der Waals surface area contributed by atoms with Crippen LogP contribution in [0.15, 0.2) is 36.5 Å². The molecule has 0 aliphatic rings. The summed E-state index contributed by atoms with van der Waals surface area (Å²) in [7, 11) is 0. The summed E-state index contributed by atoms with van der Waals surface area (Å²) in [4.78, 5) is 4.43. The molecular weight excluding hydrogens is 232 g/mol. The van der Waals surface area contributed by atoms with Crippen LogP contribution in [-0.4, -0.2) is 16.9 Å². The van der Waals surface area contributed by atoms with Crippen LogP contribution < -0.4 is 5.32 Å². The molecule has 0 radical (unpaired) electrons. The summed E-state index contributed by atoms with van der Waals surface area (Å²) in [5.74, 6) is 0. The van der Waals surface area contributed by atoms with E-state index in [9.17, 15) is 0 Å². The number of nitrogens with one attached hydrogen (secondary N) is 1. The topological polar surface area (TPSA) is 24.9 Å². The predicted molar refractivity (Wildman–Crippen MR) is 73.4 cm³/mol. The second-order valence-corrected chi connectivity index (χ2v) is 4.98. The molecule has 1 unspecified atom stereocenters. The normalized spacial score (nSPS) is 12.8. The largest absolute Gasteiger partial charge is 0.313 e. The molecule has 1 aromatic heterocycles. The van der Waals surface area contributed by atoms with Crippen LogP contribution >= 0.6 is 11.6 Å². The van der Waals surface area contributed by atoms with E-state index >= 15 is 0 Å². The third-order valence-corrected chi connectivity index (χ3v) is 2.97. The molecule has 0 fully saturated rings. The van der Waals surface area contributed by atoms with Gasteiger partial charge in [0.25, 0.3) is 0 Å². The maximum absolute atomic E-state index is 5.90. The van der Waals surface area contributed by atoms with Gasteiger partial charge >= 0.3 is 0 Å². The van der Waals surface area contributed by atoms with Crippen molar-refractivity contribution in [3.63, 3.8) is 0 Å². The van der Waals surface area contributed by atoms with Crippen molar-refractivity contribution in [1.82, 2.24) is 10.3 Å².